The lowest BCUT2D eigenvalue weighted by Crippen LogP contribution is -2.12. The Balaban J connectivity index is 2.32. The van der Waals surface area contributed by atoms with E-state index in [9.17, 15) is 0 Å². The van der Waals surface area contributed by atoms with E-state index in [1.165, 1.54) is 5.12 Å². The molecule has 11 heavy (non-hydrogen) atoms. The highest BCUT2D eigenvalue weighted by atomic mass is 15.7. The van der Waals surface area contributed by atoms with Gasteiger partial charge < -0.3 is 5.73 Å². The van der Waals surface area contributed by atoms with Gasteiger partial charge in [-0.15, -0.1) is 5.12 Å². The Morgan fingerprint density at radius 3 is 2.73 bits per heavy atom. The molecule has 1 heterocycles. The van der Waals surface area contributed by atoms with Crippen molar-refractivity contribution in [3.05, 3.63) is 24.3 Å². The van der Waals surface area contributed by atoms with Crippen LogP contribution in [0, 0.1) is 0 Å². The smallest absolute Gasteiger partial charge is 0.144 e. The number of anilines is 2. The third kappa shape index (κ3) is 0.952. The maximum absolute atomic E-state index is 5.54. The van der Waals surface area contributed by atoms with Crippen LogP contribution in [-0.2, 0) is 0 Å². The van der Waals surface area contributed by atoms with Gasteiger partial charge >= 0.3 is 0 Å². The molecule has 4 nitrogen and oxygen atoms in total. The van der Waals surface area contributed by atoms with Crippen molar-refractivity contribution >= 4 is 17.4 Å². The fourth-order valence-electron chi connectivity index (χ4n) is 0.854. The number of hydrazone groups is 2. The predicted molar refractivity (Wildman–Crippen MR) is 43.2 cm³/mol. The molecule has 1 aromatic rings. The largest absolute Gasteiger partial charge is 0.399 e. The van der Waals surface area contributed by atoms with E-state index in [2.05, 4.69) is 16.2 Å². The predicted octanol–water partition coefficient (Wildman–Crippen LogP) is 1.09. The van der Waals surface area contributed by atoms with Crippen molar-refractivity contribution in [2.24, 2.45) is 10.2 Å². The van der Waals surface area contributed by atoms with Gasteiger partial charge in [0.15, 0.2) is 0 Å². The summed E-state index contributed by atoms with van der Waals surface area (Å²) < 4.78 is 0. The van der Waals surface area contributed by atoms with E-state index >= 15 is 0 Å². The van der Waals surface area contributed by atoms with E-state index in [0.29, 0.717) is 5.69 Å². The summed E-state index contributed by atoms with van der Waals surface area (Å²) in [6, 6.07) is 9.76. The summed E-state index contributed by atoms with van der Waals surface area (Å²) in [5, 5.41) is 8.95. The zero-order valence-electron chi connectivity index (χ0n) is 5.73. The van der Waals surface area contributed by atoms with E-state index in [4.69, 9.17) is 5.73 Å². The molecule has 54 valence electrons. The lowest BCUT2D eigenvalue weighted by molar-refractivity contribution is 0.888. The fourth-order valence-corrected chi connectivity index (χ4v) is 0.854. The number of rotatable bonds is 1. The molecule has 0 amide bonds. The van der Waals surface area contributed by atoms with E-state index in [1.54, 1.807) is 6.07 Å². The van der Waals surface area contributed by atoms with Gasteiger partial charge in [0.25, 0.3) is 0 Å². The van der Waals surface area contributed by atoms with Crippen molar-refractivity contribution in [2.45, 2.75) is 0 Å². The van der Waals surface area contributed by atoms with Crippen molar-refractivity contribution in [1.29, 1.82) is 0 Å². The minimum Gasteiger partial charge on any atom is -0.399 e. The van der Waals surface area contributed by atoms with Crippen LogP contribution < -0.4 is 10.9 Å². The third-order valence-electron chi connectivity index (χ3n) is 1.38. The van der Waals surface area contributed by atoms with Crippen molar-refractivity contribution in [3.8, 4) is 0 Å². The van der Waals surface area contributed by atoms with Crippen LogP contribution in [-0.4, -0.2) is 6.01 Å². The van der Waals surface area contributed by atoms with Gasteiger partial charge in [-0.05, 0) is 18.2 Å². The highest BCUT2D eigenvalue weighted by Crippen LogP contribution is 2.19. The molecule has 2 rings (SSSR count). The van der Waals surface area contributed by atoms with E-state index in [-0.39, 0.29) is 0 Å². The van der Waals surface area contributed by atoms with Gasteiger partial charge in [0.1, 0.15) is 6.01 Å². The van der Waals surface area contributed by atoms with Crippen LogP contribution in [0.3, 0.4) is 0 Å². The first-order chi connectivity index (χ1) is 5.36. The summed E-state index contributed by atoms with van der Waals surface area (Å²) >= 11 is 0. The summed E-state index contributed by atoms with van der Waals surface area (Å²) in [5.74, 6) is 0. The average molecular weight is 146 g/mol. The molecule has 2 N–H and O–H groups in total. The van der Waals surface area contributed by atoms with E-state index in [1.807, 2.05) is 18.2 Å². The van der Waals surface area contributed by atoms with Crippen LogP contribution in [0.5, 0.6) is 0 Å². The molecule has 0 saturated heterocycles. The molecule has 4 heteroatoms. The van der Waals surface area contributed by atoms with Crippen molar-refractivity contribution in [3.63, 3.8) is 0 Å². The molecule has 0 fully saturated rings. The summed E-state index contributed by atoms with van der Waals surface area (Å²) in [4.78, 5) is 0. The normalized spacial score (nSPS) is 13.3. The molecule has 0 aliphatic carbocycles. The third-order valence-corrected chi connectivity index (χ3v) is 1.38. The molecule has 0 spiro atoms. The molecule has 0 unspecified atom stereocenters. The standard InChI is InChI=1S/C7H6N4/c8-6-2-1-3-7(4-6)11-9-5-10-11/h1-4H,8H2. The SMILES string of the molecule is Nc1cccc(N2N=C=N2)c1. The lowest BCUT2D eigenvalue weighted by Gasteiger charge is -2.12. The van der Waals surface area contributed by atoms with Crippen molar-refractivity contribution in [2.75, 3.05) is 10.9 Å². The summed E-state index contributed by atoms with van der Waals surface area (Å²) in [6.45, 7) is 0. The van der Waals surface area contributed by atoms with Gasteiger partial charge in [-0.2, -0.15) is 0 Å². The molecule has 0 atom stereocenters. The molecule has 1 aliphatic rings. The van der Waals surface area contributed by atoms with Crippen LogP contribution in [0.15, 0.2) is 34.5 Å². The summed E-state index contributed by atoms with van der Waals surface area (Å²) in [6.07, 6.45) is 0. The number of nitrogen functional groups attached to an aromatic ring is 1. The Labute approximate surface area is 63.6 Å². The summed E-state index contributed by atoms with van der Waals surface area (Å²) in [7, 11) is 0. The number of nitrogens with zero attached hydrogens (tertiary/aromatic N) is 3. The maximum atomic E-state index is 5.54. The fraction of sp³-hybridized carbons (Fsp3) is 0. The number of hydrogen-bond acceptors (Lipinski definition) is 4. The average Bonchev–Trinajstić information content (AvgIpc) is 1.83. The van der Waals surface area contributed by atoms with Crippen molar-refractivity contribution in [1.82, 2.24) is 0 Å². The Morgan fingerprint density at radius 1 is 1.36 bits per heavy atom. The van der Waals surface area contributed by atoms with Gasteiger partial charge in [0, 0.05) is 5.69 Å². The molecule has 0 saturated carbocycles. The maximum Gasteiger partial charge on any atom is 0.144 e. The van der Waals surface area contributed by atoms with Gasteiger partial charge in [-0.1, -0.05) is 16.3 Å². The first-order valence-corrected chi connectivity index (χ1v) is 3.18. The highest BCUT2D eigenvalue weighted by molar-refractivity contribution is 5.62. The highest BCUT2D eigenvalue weighted by Gasteiger charge is 2.05. The molecule has 0 bridgehead atoms. The van der Waals surface area contributed by atoms with Gasteiger partial charge in [-0.3, -0.25) is 0 Å². The van der Waals surface area contributed by atoms with Crippen LogP contribution in [0.25, 0.3) is 0 Å². The van der Waals surface area contributed by atoms with Gasteiger partial charge in [-0.25, -0.2) is 0 Å². The Morgan fingerprint density at radius 2 is 2.18 bits per heavy atom. The molecule has 0 radical (unpaired) electrons. The Kier molecular flexibility index (Phi) is 1.14. The van der Waals surface area contributed by atoms with E-state index in [0.717, 1.165) is 5.69 Å². The van der Waals surface area contributed by atoms with Crippen molar-refractivity contribution < 1.29 is 0 Å². The second-order valence-electron chi connectivity index (χ2n) is 2.18. The quantitative estimate of drug-likeness (QED) is 0.603. The first kappa shape index (κ1) is 5.95. The van der Waals surface area contributed by atoms with Crippen LogP contribution in [0.4, 0.5) is 11.4 Å². The van der Waals surface area contributed by atoms with Gasteiger partial charge in [0.2, 0.25) is 0 Å². The second-order valence-corrected chi connectivity index (χ2v) is 2.18. The molecule has 1 aromatic carbocycles. The Hall–Kier alpha value is -1.80. The Bertz CT molecular complexity index is 330. The van der Waals surface area contributed by atoms with Gasteiger partial charge in [0.05, 0.1) is 5.69 Å². The molecular weight excluding hydrogens is 140 g/mol. The number of hydrogen-bond donors (Lipinski definition) is 1. The monoisotopic (exact) mass is 146 g/mol. The molecule has 0 aromatic heterocycles. The first-order valence-electron chi connectivity index (χ1n) is 3.18. The van der Waals surface area contributed by atoms with E-state index < -0.39 is 0 Å². The second kappa shape index (κ2) is 2.11. The van der Waals surface area contributed by atoms with Crippen LogP contribution in [0.2, 0.25) is 0 Å². The minimum absolute atomic E-state index is 0.708. The minimum atomic E-state index is 0.708. The lowest BCUT2D eigenvalue weighted by atomic mass is 10.3. The molecule has 1 aliphatic heterocycles. The van der Waals surface area contributed by atoms with Crippen LogP contribution >= 0.6 is 0 Å². The zero-order valence-corrected chi connectivity index (χ0v) is 5.73. The van der Waals surface area contributed by atoms with Crippen LogP contribution in [0.1, 0.15) is 0 Å². The zero-order chi connectivity index (χ0) is 7.68. The number of benzene rings is 1. The molecular formula is C7H6N4. The summed E-state index contributed by atoms with van der Waals surface area (Å²) in [5.41, 5.74) is 7.12. The number of nitrogens with two attached hydrogens (primary N) is 1. The topological polar surface area (TPSA) is 54.0 Å².